The lowest BCUT2D eigenvalue weighted by Gasteiger charge is -2.28. The fraction of sp³-hybridized carbons (Fsp3) is 0.176. The first kappa shape index (κ1) is 20.5. The maximum absolute atomic E-state index is 13.2. The number of anilines is 2. The number of halogens is 4. The van der Waals surface area contributed by atoms with Crippen LogP contribution in [0.5, 0.6) is 0 Å². The summed E-state index contributed by atoms with van der Waals surface area (Å²) in [6.07, 6.45) is -5.29. The van der Waals surface area contributed by atoms with Crippen molar-refractivity contribution in [3.05, 3.63) is 59.1 Å². The second kappa shape index (κ2) is 7.85. The van der Waals surface area contributed by atoms with Crippen molar-refractivity contribution in [2.45, 2.75) is 11.8 Å². The standard InChI is InChI=1S/C17H14ClF3N2O4/c1-27-14(24)16(26,17(19,20)21)10-2-6-12(7-3-10)22-15(25)23-13-8-4-11(18)5-9-13/h2-9,26H,1H3,(H2,22,23,25)/t16-/m1/s1. The molecule has 0 aliphatic rings. The number of methoxy groups -OCH3 is 1. The molecule has 0 heterocycles. The van der Waals surface area contributed by atoms with Gasteiger partial charge in [0.2, 0.25) is 0 Å². The Morgan fingerprint density at radius 1 is 0.963 bits per heavy atom. The number of carbonyl (C=O) groups excluding carboxylic acids is 2. The van der Waals surface area contributed by atoms with E-state index in [2.05, 4.69) is 15.4 Å². The summed E-state index contributed by atoms with van der Waals surface area (Å²) in [5, 5.41) is 15.3. The minimum atomic E-state index is -5.29. The molecule has 0 saturated carbocycles. The summed E-state index contributed by atoms with van der Waals surface area (Å²) in [5.41, 5.74) is -3.97. The number of urea groups is 1. The molecule has 6 nitrogen and oxygen atoms in total. The van der Waals surface area contributed by atoms with Crippen molar-refractivity contribution in [3.63, 3.8) is 0 Å². The van der Waals surface area contributed by atoms with Crippen molar-refractivity contribution >= 4 is 35.0 Å². The topological polar surface area (TPSA) is 87.7 Å². The summed E-state index contributed by atoms with van der Waals surface area (Å²) in [7, 11) is 0.732. The maximum atomic E-state index is 13.2. The lowest BCUT2D eigenvalue weighted by atomic mass is 9.93. The Kier molecular flexibility index (Phi) is 5.97. The molecule has 2 aromatic rings. The van der Waals surface area contributed by atoms with Gasteiger partial charge < -0.3 is 20.5 Å². The molecule has 10 heteroatoms. The zero-order chi connectivity index (χ0) is 20.2. The summed E-state index contributed by atoms with van der Waals surface area (Å²) < 4.78 is 43.6. The minimum Gasteiger partial charge on any atom is -0.466 e. The van der Waals surface area contributed by atoms with Crippen LogP contribution in [0.25, 0.3) is 0 Å². The van der Waals surface area contributed by atoms with Gasteiger partial charge in [-0.25, -0.2) is 9.59 Å². The van der Waals surface area contributed by atoms with E-state index in [-0.39, 0.29) is 5.69 Å². The number of hydrogen-bond donors (Lipinski definition) is 3. The van der Waals surface area contributed by atoms with E-state index >= 15 is 0 Å². The van der Waals surface area contributed by atoms with Gasteiger partial charge in [-0.3, -0.25) is 0 Å². The first-order valence-corrected chi connectivity index (χ1v) is 7.77. The molecule has 3 N–H and O–H groups in total. The molecular formula is C17H14ClF3N2O4. The summed E-state index contributed by atoms with van der Waals surface area (Å²) in [6.45, 7) is 0. The molecule has 2 rings (SSSR count). The van der Waals surface area contributed by atoms with Crippen LogP contribution < -0.4 is 10.6 Å². The summed E-state index contributed by atoms with van der Waals surface area (Å²) in [4.78, 5) is 23.4. The molecule has 27 heavy (non-hydrogen) atoms. The predicted octanol–water partition coefficient (Wildman–Crippen LogP) is 3.91. The molecule has 0 spiro atoms. The molecule has 0 aromatic heterocycles. The summed E-state index contributed by atoms with van der Waals surface area (Å²) in [6, 6.07) is 9.55. The number of esters is 1. The van der Waals surface area contributed by atoms with Gasteiger partial charge >= 0.3 is 18.2 Å². The SMILES string of the molecule is COC(=O)[C@](O)(c1ccc(NC(=O)Nc2ccc(Cl)cc2)cc1)C(F)(F)F. The van der Waals surface area contributed by atoms with Crippen LogP contribution in [0.2, 0.25) is 5.02 Å². The van der Waals surface area contributed by atoms with Crippen molar-refractivity contribution in [2.75, 3.05) is 17.7 Å². The molecular weight excluding hydrogens is 389 g/mol. The quantitative estimate of drug-likeness (QED) is 0.677. The van der Waals surface area contributed by atoms with Gasteiger partial charge in [0.15, 0.2) is 0 Å². The van der Waals surface area contributed by atoms with E-state index in [1.165, 1.54) is 0 Å². The third kappa shape index (κ3) is 4.50. The van der Waals surface area contributed by atoms with Crippen LogP contribution in [0, 0.1) is 0 Å². The van der Waals surface area contributed by atoms with E-state index < -0.39 is 29.3 Å². The van der Waals surface area contributed by atoms with Gasteiger partial charge in [0.25, 0.3) is 5.60 Å². The van der Waals surface area contributed by atoms with Crippen molar-refractivity contribution in [2.24, 2.45) is 0 Å². The molecule has 144 valence electrons. The number of alkyl halides is 3. The number of hydrogen-bond acceptors (Lipinski definition) is 4. The number of nitrogens with one attached hydrogen (secondary N) is 2. The van der Waals surface area contributed by atoms with Crippen LogP contribution in [-0.4, -0.2) is 30.4 Å². The number of aliphatic hydroxyl groups is 1. The molecule has 1 atom stereocenters. The van der Waals surface area contributed by atoms with E-state index in [0.717, 1.165) is 31.4 Å². The zero-order valence-electron chi connectivity index (χ0n) is 13.8. The number of amides is 2. The van der Waals surface area contributed by atoms with Gasteiger partial charge in [0, 0.05) is 22.0 Å². The Labute approximate surface area is 156 Å². The lowest BCUT2D eigenvalue weighted by Crippen LogP contribution is -2.49. The average molecular weight is 403 g/mol. The van der Waals surface area contributed by atoms with E-state index in [0.29, 0.717) is 10.7 Å². The largest absolute Gasteiger partial charge is 0.466 e. The first-order valence-electron chi connectivity index (χ1n) is 7.39. The van der Waals surface area contributed by atoms with Crippen LogP contribution in [0.15, 0.2) is 48.5 Å². The molecule has 0 saturated heterocycles. The van der Waals surface area contributed by atoms with Gasteiger partial charge in [0.1, 0.15) is 0 Å². The molecule has 0 aliphatic heterocycles. The average Bonchev–Trinajstić information content (AvgIpc) is 2.62. The molecule has 0 bridgehead atoms. The molecule has 0 unspecified atom stereocenters. The molecule has 0 radical (unpaired) electrons. The fourth-order valence-corrected chi connectivity index (χ4v) is 2.29. The maximum Gasteiger partial charge on any atom is 0.432 e. The van der Waals surface area contributed by atoms with Gasteiger partial charge in [-0.1, -0.05) is 23.7 Å². The van der Waals surface area contributed by atoms with E-state index in [1.54, 1.807) is 24.3 Å². The van der Waals surface area contributed by atoms with Crippen LogP contribution in [0.3, 0.4) is 0 Å². The number of ether oxygens (including phenoxy) is 1. The monoisotopic (exact) mass is 402 g/mol. The van der Waals surface area contributed by atoms with Gasteiger partial charge in [-0.05, 0) is 36.4 Å². The van der Waals surface area contributed by atoms with E-state index in [1.807, 2.05) is 0 Å². The fourth-order valence-electron chi connectivity index (χ4n) is 2.17. The van der Waals surface area contributed by atoms with Gasteiger partial charge in [-0.15, -0.1) is 0 Å². The van der Waals surface area contributed by atoms with Crippen molar-refractivity contribution in [1.29, 1.82) is 0 Å². The summed E-state index contributed by atoms with van der Waals surface area (Å²) >= 11 is 5.73. The van der Waals surface area contributed by atoms with E-state index in [4.69, 9.17) is 11.6 Å². The third-order valence-electron chi connectivity index (χ3n) is 3.55. The first-order chi connectivity index (χ1) is 12.6. The summed E-state index contributed by atoms with van der Waals surface area (Å²) in [5.74, 6) is -1.86. The van der Waals surface area contributed by atoms with Crippen molar-refractivity contribution < 1.29 is 32.6 Å². The van der Waals surface area contributed by atoms with E-state index in [9.17, 15) is 27.9 Å². The van der Waals surface area contributed by atoms with Gasteiger partial charge in [-0.2, -0.15) is 13.2 Å². The third-order valence-corrected chi connectivity index (χ3v) is 3.81. The second-order valence-electron chi connectivity index (χ2n) is 5.36. The highest BCUT2D eigenvalue weighted by atomic mass is 35.5. The highest BCUT2D eigenvalue weighted by Gasteiger charge is 2.62. The highest BCUT2D eigenvalue weighted by molar-refractivity contribution is 6.30. The smallest absolute Gasteiger partial charge is 0.432 e. The molecule has 2 aromatic carbocycles. The minimum absolute atomic E-state index is 0.139. The Balaban J connectivity index is 2.15. The van der Waals surface area contributed by atoms with Crippen molar-refractivity contribution in [1.82, 2.24) is 0 Å². The molecule has 2 amide bonds. The predicted molar refractivity (Wildman–Crippen MR) is 92.5 cm³/mol. The number of carbonyl (C=O) groups is 2. The normalized spacial score (nSPS) is 13.4. The van der Waals surface area contributed by atoms with Crippen LogP contribution in [-0.2, 0) is 15.1 Å². The van der Waals surface area contributed by atoms with Crippen molar-refractivity contribution in [3.8, 4) is 0 Å². The number of rotatable bonds is 4. The van der Waals surface area contributed by atoms with Crippen LogP contribution in [0.4, 0.5) is 29.3 Å². The zero-order valence-corrected chi connectivity index (χ0v) is 14.6. The number of benzene rings is 2. The lowest BCUT2D eigenvalue weighted by molar-refractivity contribution is -0.266. The Hall–Kier alpha value is -2.78. The van der Waals surface area contributed by atoms with Crippen LogP contribution in [0.1, 0.15) is 5.56 Å². The van der Waals surface area contributed by atoms with Crippen LogP contribution >= 0.6 is 11.6 Å². The Morgan fingerprint density at radius 3 is 1.81 bits per heavy atom. The highest BCUT2D eigenvalue weighted by Crippen LogP contribution is 2.40. The molecule has 0 aliphatic carbocycles. The van der Waals surface area contributed by atoms with Gasteiger partial charge in [0.05, 0.1) is 7.11 Å². The molecule has 0 fully saturated rings. The second-order valence-corrected chi connectivity index (χ2v) is 5.80. The Morgan fingerprint density at radius 2 is 1.41 bits per heavy atom. The Bertz CT molecular complexity index is 826.